The molecule has 0 aliphatic carbocycles. The Morgan fingerprint density at radius 1 is 1.00 bits per heavy atom. The molecule has 0 aromatic carbocycles. The molecule has 4 aromatic rings. The van der Waals surface area contributed by atoms with E-state index in [0.717, 1.165) is 5.69 Å². The van der Waals surface area contributed by atoms with E-state index in [1.54, 1.807) is 43.5 Å². The van der Waals surface area contributed by atoms with Crippen LogP contribution in [0.1, 0.15) is 21.9 Å². The average Bonchev–Trinajstić information content (AvgIpc) is 3.02. The lowest BCUT2D eigenvalue weighted by Crippen LogP contribution is -2.25. The Hall–Kier alpha value is -3.81. The summed E-state index contributed by atoms with van der Waals surface area (Å²) in [6.07, 6.45) is 1.59. The molecular formula is C19H16N6O2. The highest BCUT2D eigenvalue weighted by Crippen LogP contribution is 2.15. The van der Waals surface area contributed by atoms with Gasteiger partial charge in [0.25, 0.3) is 11.5 Å². The molecule has 0 bridgehead atoms. The number of anilines is 1. The molecule has 1 amide bonds. The van der Waals surface area contributed by atoms with Crippen molar-refractivity contribution in [2.75, 3.05) is 5.32 Å². The molecule has 4 aromatic heterocycles. The number of amides is 1. The van der Waals surface area contributed by atoms with E-state index in [0.29, 0.717) is 23.0 Å². The van der Waals surface area contributed by atoms with Crippen molar-refractivity contribution in [3.63, 3.8) is 0 Å². The third-order valence-corrected chi connectivity index (χ3v) is 3.97. The number of aryl methyl sites for hydroxylation is 2. The van der Waals surface area contributed by atoms with Crippen LogP contribution in [0.2, 0.25) is 0 Å². The van der Waals surface area contributed by atoms with E-state index in [-0.39, 0.29) is 11.3 Å². The van der Waals surface area contributed by atoms with Gasteiger partial charge in [-0.1, -0.05) is 12.1 Å². The molecule has 1 N–H and O–H groups in total. The van der Waals surface area contributed by atoms with Gasteiger partial charge in [-0.25, -0.2) is 19.6 Å². The quantitative estimate of drug-likeness (QED) is 0.604. The van der Waals surface area contributed by atoms with Gasteiger partial charge in [0, 0.05) is 29.7 Å². The summed E-state index contributed by atoms with van der Waals surface area (Å²) in [5.41, 5.74) is 1.66. The first-order valence-corrected chi connectivity index (χ1v) is 8.32. The van der Waals surface area contributed by atoms with Gasteiger partial charge in [-0.15, -0.1) is 0 Å². The van der Waals surface area contributed by atoms with Gasteiger partial charge >= 0.3 is 0 Å². The Kier molecular flexibility index (Phi) is 4.00. The maximum atomic E-state index is 12.9. The van der Waals surface area contributed by atoms with Crippen molar-refractivity contribution in [1.82, 2.24) is 24.1 Å². The van der Waals surface area contributed by atoms with Crippen LogP contribution in [-0.4, -0.2) is 30.1 Å². The van der Waals surface area contributed by atoms with Crippen LogP contribution < -0.4 is 10.9 Å². The Labute approximate surface area is 154 Å². The smallest absolute Gasteiger partial charge is 0.275 e. The minimum atomic E-state index is -0.415. The number of rotatable bonds is 3. The molecule has 4 rings (SSSR count). The highest BCUT2D eigenvalue weighted by molar-refractivity contribution is 6.03. The fourth-order valence-corrected chi connectivity index (χ4v) is 2.86. The molecule has 0 saturated heterocycles. The lowest BCUT2D eigenvalue weighted by molar-refractivity contribution is 0.101. The Morgan fingerprint density at radius 2 is 1.85 bits per heavy atom. The van der Waals surface area contributed by atoms with Crippen molar-refractivity contribution in [2.24, 2.45) is 0 Å². The minimum Gasteiger partial charge on any atom is -0.305 e. The van der Waals surface area contributed by atoms with Crippen molar-refractivity contribution in [1.29, 1.82) is 0 Å². The predicted octanol–water partition coefficient (Wildman–Crippen LogP) is 2.14. The molecule has 4 heterocycles. The molecule has 8 heteroatoms. The van der Waals surface area contributed by atoms with E-state index in [1.807, 2.05) is 19.1 Å². The van der Waals surface area contributed by atoms with Gasteiger partial charge < -0.3 is 5.32 Å². The Balaban J connectivity index is 1.90. The molecule has 134 valence electrons. The van der Waals surface area contributed by atoms with Gasteiger partial charge in [0.2, 0.25) is 0 Å². The third kappa shape index (κ3) is 3.08. The average molecular weight is 360 g/mol. The second-order valence-corrected chi connectivity index (χ2v) is 6.05. The van der Waals surface area contributed by atoms with Crippen LogP contribution >= 0.6 is 0 Å². The number of pyridine rings is 2. The number of carbonyl (C=O) groups is 1. The number of hydrogen-bond donors (Lipinski definition) is 1. The third-order valence-electron chi connectivity index (χ3n) is 3.97. The fraction of sp³-hybridized carbons (Fsp3) is 0.105. The SMILES string of the molecule is Cc1cccc(NC(=O)c2cc3nc(C)cc(=O)n3n2-c2ccccn2)n1. The van der Waals surface area contributed by atoms with E-state index in [4.69, 9.17) is 0 Å². The summed E-state index contributed by atoms with van der Waals surface area (Å²) in [7, 11) is 0. The van der Waals surface area contributed by atoms with E-state index in [9.17, 15) is 9.59 Å². The van der Waals surface area contributed by atoms with E-state index in [2.05, 4.69) is 20.3 Å². The van der Waals surface area contributed by atoms with Crippen LogP contribution in [0.5, 0.6) is 0 Å². The summed E-state index contributed by atoms with van der Waals surface area (Å²) in [6, 6.07) is 13.6. The van der Waals surface area contributed by atoms with Gasteiger partial charge in [-0.3, -0.25) is 9.59 Å². The van der Waals surface area contributed by atoms with Gasteiger partial charge in [0.1, 0.15) is 11.5 Å². The van der Waals surface area contributed by atoms with Crippen molar-refractivity contribution in [2.45, 2.75) is 13.8 Å². The molecule has 0 saturated carbocycles. The van der Waals surface area contributed by atoms with Crippen LogP contribution in [0.4, 0.5) is 5.82 Å². The molecule has 0 fully saturated rings. The number of aromatic nitrogens is 5. The second kappa shape index (κ2) is 6.49. The second-order valence-electron chi connectivity index (χ2n) is 6.05. The first-order valence-electron chi connectivity index (χ1n) is 8.32. The fourth-order valence-electron chi connectivity index (χ4n) is 2.86. The molecule has 27 heavy (non-hydrogen) atoms. The van der Waals surface area contributed by atoms with Crippen LogP contribution in [0.3, 0.4) is 0 Å². The number of nitrogens with zero attached hydrogens (tertiary/aromatic N) is 5. The number of hydrogen-bond acceptors (Lipinski definition) is 5. The molecular weight excluding hydrogens is 344 g/mol. The summed E-state index contributed by atoms with van der Waals surface area (Å²) < 4.78 is 2.78. The maximum Gasteiger partial charge on any atom is 0.275 e. The topological polar surface area (TPSA) is 94.2 Å². The van der Waals surface area contributed by atoms with E-state index >= 15 is 0 Å². The zero-order valence-electron chi connectivity index (χ0n) is 14.7. The number of carbonyl (C=O) groups excluding carboxylic acids is 1. The van der Waals surface area contributed by atoms with Crippen LogP contribution in [-0.2, 0) is 0 Å². The number of nitrogens with one attached hydrogen (secondary N) is 1. The standard InChI is InChI=1S/C19H16N6O2/c1-12-6-5-7-15(21-12)23-19(27)14-11-17-22-13(2)10-18(26)25(17)24(14)16-8-3-4-9-20-16/h3-11H,1-2H3,(H,21,23,27). The summed E-state index contributed by atoms with van der Waals surface area (Å²) in [6.45, 7) is 3.57. The normalized spacial score (nSPS) is 10.9. The van der Waals surface area contributed by atoms with Crippen LogP contribution in [0.25, 0.3) is 11.5 Å². The highest BCUT2D eigenvalue weighted by atomic mass is 16.2. The molecule has 0 atom stereocenters. The van der Waals surface area contributed by atoms with E-state index < -0.39 is 5.91 Å². The molecule has 0 aliphatic heterocycles. The Morgan fingerprint density at radius 3 is 2.59 bits per heavy atom. The molecule has 0 radical (unpaired) electrons. The number of fused-ring (bicyclic) bond motifs is 1. The lowest BCUT2D eigenvalue weighted by atomic mass is 10.3. The van der Waals surface area contributed by atoms with Crippen molar-refractivity contribution in [3.8, 4) is 5.82 Å². The minimum absolute atomic E-state index is 0.229. The molecule has 0 aliphatic rings. The molecule has 0 unspecified atom stereocenters. The first kappa shape index (κ1) is 16.6. The van der Waals surface area contributed by atoms with Gasteiger partial charge in [-0.05, 0) is 38.1 Å². The zero-order valence-corrected chi connectivity index (χ0v) is 14.7. The lowest BCUT2D eigenvalue weighted by Gasteiger charge is -2.10. The first-order chi connectivity index (χ1) is 13.0. The van der Waals surface area contributed by atoms with Crippen molar-refractivity contribution in [3.05, 3.63) is 82.2 Å². The Bertz CT molecular complexity index is 1210. The van der Waals surface area contributed by atoms with E-state index in [1.165, 1.54) is 15.3 Å². The summed E-state index contributed by atoms with van der Waals surface area (Å²) in [5.74, 6) is 0.443. The molecule has 0 spiro atoms. The summed E-state index contributed by atoms with van der Waals surface area (Å²) in [4.78, 5) is 38.4. The summed E-state index contributed by atoms with van der Waals surface area (Å²) >= 11 is 0. The van der Waals surface area contributed by atoms with Gasteiger partial charge in [0.15, 0.2) is 11.5 Å². The van der Waals surface area contributed by atoms with Gasteiger partial charge in [-0.2, -0.15) is 4.52 Å². The van der Waals surface area contributed by atoms with Crippen LogP contribution in [0.15, 0.2) is 59.5 Å². The highest BCUT2D eigenvalue weighted by Gasteiger charge is 2.20. The van der Waals surface area contributed by atoms with Crippen molar-refractivity contribution >= 4 is 17.4 Å². The van der Waals surface area contributed by atoms with Crippen molar-refractivity contribution < 1.29 is 4.79 Å². The zero-order chi connectivity index (χ0) is 19.0. The largest absolute Gasteiger partial charge is 0.305 e. The maximum absolute atomic E-state index is 12.9. The monoisotopic (exact) mass is 360 g/mol. The van der Waals surface area contributed by atoms with Gasteiger partial charge in [0.05, 0.1) is 0 Å². The molecule has 8 nitrogen and oxygen atoms in total. The predicted molar refractivity (Wildman–Crippen MR) is 100 cm³/mol. The van der Waals surface area contributed by atoms with Crippen LogP contribution in [0, 0.1) is 13.8 Å². The summed E-state index contributed by atoms with van der Waals surface area (Å²) in [5, 5.41) is 2.76.